The Kier molecular flexibility index (Phi) is 7.40. The Hall–Kier alpha value is -3.06. The molecule has 2 aromatic carbocycles. The Morgan fingerprint density at radius 2 is 1.81 bits per heavy atom. The predicted octanol–water partition coefficient (Wildman–Crippen LogP) is 5.25. The number of rotatable bonds is 6. The molecule has 1 aliphatic rings. The molecular weight excluding hydrogens is 435 g/mol. The lowest BCUT2D eigenvalue weighted by Gasteiger charge is -2.20. The second kappa shape index (κ2) is 10.0. The molecule has 32 heavy (non-hydrogen) atoms. The van der Waals surface area contributed by atoms with Gasteiger partial charge in [0.25, 0.3) is 5.91 Å². The number of carbonyl (C=O) groups is 2. The summed E-state index contributed by atoms with van der Waals surface area (Å²) in [5.74, 6) is 0.393. The van der Waals surface area contributed by atoms with Crippen LogP contribution in [0.5, 0.6) is 5.75 Å². The lowest BCUT2D eigenvalue weighted by atomic mass is 10.1. The minimum Gasteiger partial charge on any atom is -0.489 e. The van der Waals surface area contributed by atoms with Gasteiger partial charge in [-0.25, -0.2) is 9.18 Å². The molecule has 0 atom stereocenters. The van der Waals surface area contributed by atoms with Crippen molar-refractivity contribution in [3.05, 3.63) is 76.1 Å². The standard InChI is InChI=1S/C24H26ClFN2O4/c1-24(2,3)32-23(30)27-12-16(11-26)15-31-21-8-5-17(6-9-21)22(29)28-13-18-4-7-20(25)10-19(18)14-28/h4-11H,12-15H2,1-3H3,(H,27,30). The molecule has 0 saturated carbocycles. The topological polar surface area (TPSA) is 67.9 Å². The molecule has 2 aromatic rings. The first-order chi connectivity index (χ1) is 15.1. The van der Waals surface area contributed by atoms with Gasteiger partial charge in [-0.1, -0.05) is 17.7 Å². The quantitative estimate of drug-likeness (QED) is 0.639. The summed E-state index contributed by atoms with van der Waals surface area (Å²) in [5, 5.41) is 3.14. The Morgan fingerprint density at radius 1 is 1.12 bits per heavy atom. The number of fused-ring (bicyclic) bond motifs is 1. The van der Waals surface area contributed by atoms with Crippen molar-refractivity contribution in [2.24, 2.45) is 0 Å². The van der Waals surface area contributed by atoms with Crippen molar-refractivity contribution in [2.75, 3.05) is 13.2 Å². The fourth-order valence-corrected chi connectivity index (χ4v) is 3.37. The van der Waals surface area contributed by atoms with Crippen LogP contribution in [0, 0.1) is 0 Å². The van der Waals surface area contributed by atoms with Crippen LogP contribution in [-0.2, 0) is 17.8 Å². The van der Waals surface area contributed by atoms with Crippen molar-refractivity contribution < 1.29 is 23.5 Å². The smallest absolute Gasteiger partial charge is 0.407 e. The molecule has 6 nitrogen and oxygen atoms in total. The minimum atomic E-state index is -0.635. The van der Waals surface area contributed by atoms with Gasteiger partial charge in [0.1, 0.15) is 18.0 Å². The van der Waals surface area contributed by atoms with E-state index in [1.165, 1.54) is 0 Å². The maximum atomic E-state index is 13.1. The van der Waals surface area contributed by atoms with E-state index in [4.69, 9.17) is 21.1 Å². The summed E-state index contributed by atoms with van der Waals surface area (Å²) in [6.07, 6.45) is -0.238. The number of hydrogen-bond acceptors (Lipinski definition) is 4. The second-order valence-electron chi connectivity index (χ2n) is 8.51. The lowest BCUT2D eigenvalue weighted by Crippen LogP contribution is -2.34. The van der Waals surface area contributed by atoms with Crippen molar-refractivity contribution in [3.8, 4) is 5.75 Å². The number of hydrogen-bond donors (Lipinski definition) is 1. The van der Waals surface area contributed by atoms with Crippen LogP contribution in [0.25, 0.3) is 0 Å². The summed E-state index contributed by atoms with van der Waals surface area (Å²) in [4.78, 5) is 26.3. The van der Waals surface area contributed by atoms with Crippen LogP contribution in [0.1, 0.15) is 42.3 Å². The van der Waals surface area contributed by atoms with E-state index in [1.807, 2.05) is 18.2 Å². The van der Waals surface area contributed by atoms with Crippen LogP contribution in [0.4, 0.5) is 9.18 Å². The highest BCUT2D eigenvalue weighted by Gasteiger charge is 2.24. The summed E-state index contributed by atoms with van der Waals surface area (Å²) >= 11 is 6.04. The summed E-state index contributed by atoms with van der Waals surface area (Å²) in [7, 11) is 0. The molecule has 3 rings (SSSR count). The Bertz CT molecular complexity index is 1020. The Balaban J connectivity index is 1.50. The highest BCUT2D eigenvalue weighted by molar-refractivity contribution is 6.30. The Morgan fingerprint density at radius 3 is 2.47 bits per heavy atom. The SMILES string of the molecule is CC(C)(C)OC(=O)NCC(=CF)COc1ccc(C(=O)N2Cc3ccc(Cl)cc3C2)cc1. The molecule has 0 spiro atoms. The summed E-state index contributed by atoms with van der Waals surface area (Å²) in [6.45, 7) is 6.20. The monoisotopic (exact) mass is 460 g/mol. The fourth-order valence-electron chi connectivity index (χ4n) is 3.18. The highest BCUT2D eigenvalue weighted by Crippen LogP contribution is 2.27. The lowest BCUT2D eigenvalue weighted by molar-refractivity contribution is 0.0531. The minimum absolute atomic E-state index is 0.0402. The van der Waals surface area contributed by atoms with E-state index in [-0.39, 0.29) is 24.6 Å². The zero-order valence-electron chi connectivity index (χ0n) is 18.3. The molecule has 1 aliphatic heterocycles. The number of ether oxygens (including phenoxy) is 2. The third-order valence-electron chi connectivity index (χ3n) is 4.72. The first kappa shape index (κ1) is 23.6. The average Bonchev–Trinajstić information content (AvgIpc) is 3.15. The van der Waals surface area contributed by atoms with E-state index in [9.17, 15) is 14.0 Å². The summed E-state index contributed by atoms with van der Waals surface area (Å²) < 4.78 is 23.8. The molecule has 0 radical (unpaired) electrons. The van der Waals surface area contributed by atoms with Crippen molar-refractivity contribution in [1.82, 2.24) is 10.2 Å². The second-order valence-corrected chi connectivity index (χ2v) is 8.95. The van der Waals surface area contributed by atoms with Crippen LogP contribution in [0.2, 0.25) is 5.02 Å². The van der Waals surface area contributed by atoms with Gasteiger partial charge >= 0.3 is 6.09 Å². The predicted molar refractivity (Wildman–Crippen MR) is 120 cm³/mol. The molecule has 0 aliphatic carbocycles. The normalized spacial score (nSPS) is 13.5. The molecule has 0 unspecified atom stereocenters. The maximum absolute atomic E-state index is 13.1. The first-order valence-electron chi connectivity index (χ1n) is 10.2. The molecule has 8 heteroatoms. The van der Waals surface area contributed by atoms with E-state index in [1.54, 1.807) is 49.9 Å². The fraction of sp³-hybridized carbons (Fsp3) is 0.333. The molecule has 1 N–H and O–H groups in total. The molecule has 1 heterocycles. The van der Waals surface area contributed by atoms with Crippen molar-refractivity contribution >= 4 is 23.6 Å². The summed E-state index contributed by atoms with van der Waals surface area (Å²) in [5.41, 5.74) is 2.28. The van der Waals surface area contributed by atoms with Crippen molar-refractivity contribution in [3.63, 3.8) is 0 Å². The van der Waals surface area contributed by atoms with Crippen LogP contribution in [-0.4, -0.2) is 35.7 Å². The molecule has 170 valence electrons. The number of carbonyl (C=O) groups excluding carboxylic acids is 2. The number of alkyl carbamates (subject to hydrolysis) is 1. The molecular formula is C24H26ClFN2O4. The van der Waals surface area contributed by atoms with Gasteiger partial charge in [-0.05, 0) is 68.3 Å². The molecule has 0 aromatic heterocycles. The number of nitrogens with one attached hydrogen (secondary N) is 1. The number of halogens is 2. The van der Waals surface area contributed by atoms with Crippen molar-refractivity contribution in [1.29, 1.82) is 0 Å². The first-order valence-corrected chi connectivity index (χ1v) is 10.6. The van der Waals surface area contributed by atoms with E-state index in [0.29, 0.717) is 35.8 Å². The zero-order chi connectivity index (χ0) is 23.3. The molecule has 0 bridgehead atoms. The maximum Gasteiger partial charge on any atom is 0.407 e. The van der Waals surface area contributed by atoms with Crippen LogP contribution >= 0.6 is 11.6 Å². The van der Waals surface area contributed by atoms with Crippen LogP contribution < -0.4 is 10.1 Å². The van der Waals surface area contributed by atoms with E-state index in [0.717, 1.165) is 11.1 Å². The Labute approximate surface area is 192 Å². The zero-order valence-corrected chi connectivity index (χ0v) is 19.0. The highest BCUT2D eigenvalue weighted by atomic mass is 35.5. The third kappa shape index (κ3) is 6.47. The van der Waals surface area contributed by atoms with Crippen molar-refractivity contribution in [2.45, 2.75) is 39.5 Å². The summed E-state index contributed by atoms with van der Waals surface area (Å²) in [6, 6.07) is 12.3. The number of amides is 2. The van der Waals surface area contributed by atoms with Crippen LogP contribution in [0.15, 0.2) is 54.4 Å². The van der Waals surface area contributed by atoms with Gasteiger partial charge in [-0.3, -0.25) is 4.79 Å². The van der Waals surface area contributed by atoms with E-state index >= 15 is 0 Å². The molecule has 2 amide bonds. The van der Waals surface area contributed by atoms with Crippen LogP contribution in [0.3, 0.4) is 0 Å². The largest absolute Gasteiger partial charge is 0.489 e. The van der Waals surface area contributed by atoms with Gasteiger partial charge in [0, 0.05) is 35.8 Å². The average molecular weight is 461 g/mol. The van der Waals surface area contributed by atoms with E-state index < -0.39 is 11.7 Å². The van der Waals surface area contributed by atoms with E-state index in [2.05, 4.69) is 5.32 Å². The van der Waals surface area contributed by atoms with Gasteiger partial charge in [0.05, 0.1) is 6.33 Å². The molecule has 0 fully saturated rings. The molecule has 0 saturated heterocycles. The third-order valence-corrected chi connectivity index (χ3v) is 4.95. The number of benzene rings is 2. The van der Waals surface area contributed by atoms with Gasteiger partial charge < -0.3 is 19.7 Å². The number of nitrogens with zero attached hydrogens (tertiary/aromatic N) is 1. The van der Waals surface area contributed by atoms with Gasteiger partial charge in [0.15, 0.2) is 0 Å². The van der Waals surface area contributed by atoms with Gasteiger partial charge in [-0.15, -0.1) is 0 Å². The van der Waals surface area contributed by atoms with Gasteiger partial charge in [-0.2, -0.15) is 0 Å². The van der Waals surface area contributed by atoms with Gasteiger partial charge in [0.2, 0.25) is 0 Å².